The van der Waals surface area contributed by atoms with Crippen LogP contribution in [0, 0.1) is 34.5 Å². The third kappa shape index (κ3) is 2.08. The molecule has 4 rings (SSSR count). The van der Waals surface area contributed by atoms with Gasteiger partial charge in [-0.1, -0.05) is 19.1 Å². The third-order valence-corrected chi connectivity index (χ3v) is 8.02. The summed E-state index contributed by atoms with van der Waals surface area (Å²) in [7, 11) is 0. The third-order valence-electron chi connectivity index (χ3n) is 8.02. The molecule has 3 heteroatoms. The lowest BCUT2D eigenvalue weighted by molar-refractivity contribution is -0.142. The van der Waals surface area contributed by atoms with Gasteiger partial charge in [-0.25, -0.2) is 0 Å². The van der Waals surface area contributed by atoms with Crippen LogP contribution in [-0.2, 0) is 14.3 Å². The lowest BCUT2D eigenvalue weighted by Crippen LogP contribution is -2.52. The van der Waals surface area contributed by atoms with E-state index in [0.717, 1.165) is 32.1 Å². The van der Waals surface area contributed by atoms with Crippen LogP contribution in [0.5, 0.6) is 0 Å². The quantitative estimate of drug-likeness (QED) is 0.573. The fourth-order valence-electron chi connectivity index (χ4n) is 6.59. The zero-order valence-electron chi connectivity index (χ0n) is 14.3. The second kappa shape index (κ2) is 5.19. The molecule has 0 heterocycles. The summed E-state index contributed by atoms with van der Waals surface area (Å²) < 4.78 is 5.27. The van der Waals surface area contributed by atoms with Gasteiger partial charge in [0.2, 0.25) is 0 Å². The van der Waals surface area contributed by atoms with Gasteiger partial charge in [-0.05, 0) is 74.5 Å². The first-order valence-corrected chi connectivity index (χ1v) is 9.31. The molecule has 0 saturated heterocycles. The molecule has 0 aromatic rings. The Balaban J connectivity index is 1.62. The standard InChI is InChI=1S/C20H28O3/c1-19-9-7-14(23-12-21)11-13(19)3-4-15-16-5-6-18(22)20(16,2)10-8-17(15)19/h8,10,12-17H,3-7,9,11H2,1-2H3/t13-,14-,15+,16+,17+,19+,20+/m1/s1. The molecule has 4 aliphatic rings. The van der Waals surface area contributed by atoms with E-state index in [0.29, 0.717) is 41.3 Å². The van der Waals surface area contributed by atoms with Gasteiger partial charge in [-0.3, -0.25) is 9.59 Å². The monoisotopic (exact) mass is 316 g/mol. The van der Waals surface area contributed by atoms with Gasteiger partial charge in [0.15, 0.2) is 0 Å². The minimum absolute atomic E-state index is 0.119. The molecule has 0 spiro atoms. The Morgan fingerprint density at radius 1 is 1.22 bits per heavy atom. The molecule has 0 aromatic carbocycles. The maximum absolute atomic E-state index is 12.4. The lowest BCUT2D eigenvalue weighted by Gasteiger charge is -2.58. The summed E-state index contributed by atoms with van der Waals surface area (Å²) in [5.74, 6) is 2.91. The first-order valence-electron chi connectivity index (χ1n) is 9.31. The van der Waals surface area contributed by atoms with E-state index in [1.807, 2.05) is 0 Å². The molecule has 3 saturated carbocycles. The molecule has 23 heavy (non-hydrogen) atoms. The molecule has 0 bridgehead atoms. The molecular formula is C20H28O3. The number of hydrogen-bond donors (Lipinski definition) is 0. The Bertz CT molecular complexity index is 553. The molecular weight excluding hydrogens is 288 g/mol. The van der Waals surface area contributed by atoms with Crippen LogP contribution in [0.25, 0.3) is 0 Å². The van der Waals surface area contributed by atoms with Crippen LogP contribution in [0.2, 0.25) is 0 Å². The Kier molecular flexibility index (Phi) is 3.48. The van der Waals surface area contributed by atoms with Crippen molar-refractivity contribution < 1.29 is 14.3 Å². The number of carbonyl (C=O) groups excluding carboxylic acids is 2. The first-order chi connectivity index (χ1) is 11.0. The van der Waals surface area contributed by atoms with E-state index in [1.54, 1.807) is 0 Å². The van der Waals surface area contributed by atoms with Gasteiger partial charge in [-0.15, -0.1) is 0 Å². The number of carbonyl (C=O) groups is 2. The average molecular weight is 316 g/mol. The average Bonchev–Trinajstić information content (AvgIpc) is 2.84. The normalized spacial score (nSPS) is 51.6. The van der Waals surface area contributed by atoms with E-state index in [2.05, 4.69) is 26.0 Å². The van der Waals surface area contributed by atoms with Crippen molar-refractivity contribution in [3.63, 3.8) is 0 Å². The van der Waals surface area contributed by atoms with Crippen molar-refractivity contribution in [3.8, 4) is 0 Å². The topological polar surface area (TPSA) is 43.4 Å². The maximum atomic E-state index is 12.4. The van der Waals surface area contributed by atoms with E-state index in [1.165, 1.54) is 12.8 Å². The molecule has 0 aliphatic heterocycles. The second-order valence-corrected chi connectivity index (χ2v) is 8.81. The predicted octanol–water partition coefficient (Wildman–Crippen LogP) is 3.92. The summed E-state index contributed by atoms with van der Waals surface area (Å²) in [5, 5.41) is 0. The van der Waals surface area contributed by atoms with Gasteiger partial charge < -0.3 is 4.74 Å². The molecule has 3 nitrogen and oxygen atoms in total. The number of rotatable bonds is 2. The summed E-state index contributed by atoms with van der Waals surface area (Å²) in [6, 6.07) is 0. The fraction of sp³-hybridized carbons (Fsp3) is 0.800. The van der Waals surface area contributed by atoms with Crippen LogP contribution in [0.1, 0.15) is 58.8 Å². The number of allylic oxidation sites excluding steroid dienone is 2. The van der Waals surface area contributed by atoms with Crippen molar-refractivity contribution in [1.29, 1.82) is 0 Å². The summed E-state index contributed by atoms with van der Waals surface area (Å²) in [4.78, 5) is 23.0. The molecule has 0 aromatic heterocycles. The predicted molar refractivity (Wildman–Crippen MR) is 87.6 cm³/mol. The smallest absolute Gasteiger partial charge is 0.293 e. The zero-order chi connectivity index (χ0) is 16.2. The van der Waals surface area contributed by atoms with Crippen LogP contribution in [0.4, 0.5) is 0 Å². The SMILES string of the molecule is C[C@]12CC[C@@H](OC=O)C[C@H]1CC[C@@H]1[C@@H]2C=C[C@]2(C)C(=O)CC[C@@H]12. The van der Waals surface area contributed by atoms with Crippen molar-refractivity contribution >= 4 is 12.3 Å². The van der Waals surface area contributed by atoms with E-state index in [9.17, 15) is 9.59 Å². The zero-order valence-corrected chi connectivity index (χ0v) is 14.3. The van der Waals surface area contributed by atoms with E-state index in [-0.39, 0.29) is 11.5 Å². The van der Waals surface area contributed by atoms with Crippen molar-refractivity contribution in [2.45, 2.75) is 64.9 Å². The molecule has 4 aliphatic carbocycles. The molecule has 3 fully saturated rings. The minimum atomic E-state index is -0.192. The van der Waals surface area contributed by atoms with Crippen molar-refractivity contribution in [1.82, 2.24) is 0 Å². The van der Waals surface area contributed by atoms with Crippen molar-refractivity contribution in [3.05, 3.63) is 12.2 Å². The molecule has 0 unspecified atom stereocenters. The number of Topliss-reactive ketones (excluding diaryl/α,β-unsaturated/α-hetero) is 1. The number of fused-ring (bicyclic) bond motifs is 5. The Morgan fingerprint density at radius 3 is 2.83 bits per heavy atom. The Hall–Kier alpha value is -1.12. The van der Waals surface area contributed by atoms with E-state index in [4.69, 9.17) is 4.74 Å². The van der Waals surface area contributed by atoms with Gasteiger partial charge in [0, 0.05) is 11.8 Å². The lowest BCUT2D eigenvalue weighted by atomic mass is 9.47. The van der Waals surface area contributed by atoms with Crippen molar-refractivity contribution in [2.24, 2.45) is 34.5 Å². The van der Waals surface area contributed by atoms with E-state index < -0.39 is 0 Å². The molecule has 7 atom stereocenters. The van der Waals surface area contributed by atoms with Crippen LogP contribution < -0.4 is 0 Å². The summed E-state index contributed by atoms with van der Waals surface area (Å²) in [6.45, 7) is 5.24. The van der Waals surface area contributed by atoms with Crippen LogP contribution in [-0.4, -0.2) is 18.4 Å². The van der Waals surface area contributed by atoms with Crippen LogP contribution >= 0.6 is 0 Å². The van der Waals surface area contributed by atoms with Gasteiger partial charge in [0.05, 0.1) is 0 Å². The Labute approximate surface area is 138 Å². The summed E-state index contributed by atoms with van der Waals surface area (Å²) in [5.41, 5.74) is 0.122. The number of ketones is 1. The molecule has 0 N–H and O–H groups in total. The Morgan fingerprint density at radius 2 is 2.04 bits per heavy atom. The molecule has 0 radical (unpaired) electrons. The van der Waals surface area contributed by atoms with Gasteiger partial charge in [0.25, 0.3) is 6.47 Å². The largest absolute Gasteiger partial charge is 0.465 e. The highest BCUT2D eigenvalue weighted by Crippen LogP contribution is 2.63. The highest BCUT2D eigenvalue weighted by molar-refractivity contribution is 5.89. The van der Waals surface area contributed by atoms with E-state index >= 15 is 0 Å². The van der Waals surface area contributed by atoms with Gasteiger partial charge in [0.1, 0.15) is 11.9 Å². The summed E-state index contributed by atoms with van der Waals surface area (Å²) in [6.07, 6.45) is 12.2. The number of ether oxygens (including phenoxy) is 1. The van der Waals surface area contributed by atoms with Crippen molar-refractivity contribution in [2.75, 3.05) is 0 Å². The number of hydrogen-bond acceptors (Lipinski definition) is 3. The highest BCUT2D eigenvalue weighted by Gasteiger charge is 2.58. The highest BCUT2D eigenvalue weighted by atomic mass is 16.5. The maximum Gasteiger partial charge on any atom is 0.293 e. The van der Waals surface area contributed by atoms with Crippen LogP contribution in [0.15, 0.2) is 12.2 Å². The fourth-order valence-corrected chi connectivity index (χ4v) is 6.59. The minimum Gasteiger partial charge on any atom is -0.465 e. The second-order valence-electron chi connectivity index (χ2n) is 8.81. The van der Waals surface area contributed by atoms with Gasteiger partial charge in [-0.2, -0.15) is 0 Å². The summed E-state index contributed by atoms with van der Waals surface area (Å²) >= 11 is 0. The molecule has 0 amide bonds. The van der Waals surface area contributed by atoms with Gasteiger partial charge >= 0.3 is 0 Å². The van der Waals surface area contributed by atoms with Crippen LogP contribution in [0.3, 0.4) is 0 Å². The molecule has 126 valence electrons. The first kappa shape index (κ1) is 15.4.